The van der Waals surface area contributed by atoms with Crippen molar-refractivity contribution >= 4 is 11.8 Å². The van der Waals surface area contributed by atoms with Crippen molar-refractivity contribution in [2.24, 2.45) is 0 Å². The van der Waals surface area contributed by atoms with Crippen LogP contribution in [0.5, 0.6) is 11.5 Å². The first-order chi connectivity index (χ1) is 9.97. The summed E-state index contributed by atoms with van der Waals surface area (Å²) in [5.41, 5.74) is 0.414. The Bertz CT molecular complexity index is 500. The highest BCUT2D eigenvalue weighted by Gasteiger charge is 2.12. The van der Waals surface area contributed by atoms with Crippen molar-refractivity contribution < 1.29 is 19.1 Å². The van der Waals surface area contributed by atoms with E-state index in [1.54, 1.807) is 18.2 Å². The normalized spacial score (nSPS) is 10.1. The Balaban J connectivity index is 2.69. The number of hydrogen-bond donors (Lipinski definition) is 2. The van der Waals surface area contributed by atoms with Gasteiger partial charge in [-0.25, -0.2) is 0 Å². The molecule has 0 radical (unpaired) electrons. The predicted molar refractivity (Wildman–Crippen MR) is 79.8 cm³/mol. The summed E-state index contributed by atoms with van der Waals surface area (Å²) >= 11 is 0. The van der Waals surface area contributed by atoms with Gasteiger partial charge in [-0.15, -0.1) is 0 Å². The zero-order valence-corrected chi connectivity index (χ0v) is 12.9. The second-order valence-electron chi connectivity index (χ2n) is 4.70. The molecule has 21 heavy (non-hydrogen) atoms. The van der Waals surface area contributed by atoms with Crippen LogP contribution >= 0.6 is 0 Å². The molecule has 6 heteroatoms. The Labute approximate surface area is 124 Å². The van der Waals surface area contributed by atoms with Crippen LogP contribution in [0.3, 0.4) is 0 Å². The summed E-state index contributed by atoms with van der Waals surface area (Å²) in [6.07, 6.45) is 0. The number of methoxy groups -OCH3 is 1. The molecule has 0 bridgehead atoms. The molecule has 6 nitrogen and oxygen atoms in total. The van der Waals surface area contributed by atoms with Gasteiger partial charge >= 0.3 is 0 Å². The molecule has 0 aliphatic heterocycles. The maximum Gasteiger partial charge on any atom is 0.251 e. The fourth-order valence-corrected chi connectivity index (χ4v) is 1.72. The molecule has 0 unspecified atom stereocenters. The molecule has 1 rings (SSSR count). The molecule has 2 N–H and O–H groups in total. The van der Waals surface area contributed by atoms with Gasteiger partial charge in [-0.05, 0) is 39.0 Å². The average molecular weight is 294 g/mol. The van der Waals surface area contributed by atoms with Gasteiger partial charge in [0.1, 0.15) is 0 Å². The SMILES string of the molecule is CCOc1cc(C(=O)NCC(=O)NC(C)C)ccc1OC. The van der Waals surface area contributed by atoms with Crippen LogP contribution in [0.25, 0.3) is 0 Å². The van der Waals surface area contributed by atoms with E-state index in [1.165, 1.54) is 7.11 Å². The molecule has 0 atom stereocenters. The number of amides is 2. The Morgan fingerprint density at radius 2 is 1.95 bits per heavy atom. The highest BCUT2D eigenvalue weighted by Crippen LogP contribution is 2.27. The topological polar surface area (TPSA) is 76.7 Å². The van der Waals surface area contributed by atoms with Crippen LogP contribution in [0.2, 0.25) is 0 Å². The quantitative estimate of drug-likeness (QED) is 0.796. The van der Waals surface area contributed by atoms with E-state index in [1.807, 2.05) is 20.8 Å². The van der Waals surface area contributed by atoms with Crippen molar-refractivity contribution in [1.82, 2.24) is 10.6 Å². The molecular weight excluding hydrogens is 272 g/mol. The lowest BCUT2D eigenvalue weighted by molar-refractivity contribution is -0.120. The third kappa shape index (κ3) is 5.33. The van der Waals surface area contributed by atoms with E-state index < -0.39 is 0 Å². The summed E-state index contributed by atoms with van der Waals surface area (Å²) in [6, 6.07) is 4.92. The van der Waals surface area contributed by atoms with Gasteiger partial charge in [-0.1, -0.05) is 0 Å². The second-order valence-corrected chi connectivity index (χ2v) is 4.70. The molecule has 2 amide bonds. The largest absolute Gasteiger partial charge is 0.493 e. The van der Waals surface area contributed by atoms with E-state index in [2.05, 4.69) is 10.6 Å². The van der Waals surface area contributed by atoms with Crippen molar-refractivity contribution in [2.75, 3.05) is 20.3 Å². The Morgan fingerprint density at radius 3 is 2.52 bits per heavy atom. The Kier molecular flexibility index (Phi) is 6.52. The summed E-state index contributed by atoms with van der Waals surface area (Å²) in [6.45, 7) is 5.97. The lowest BCUT2D eigenvalue weighted by atomic mass is 10.2. The smallest absolute Gasteiger partial charge is 0.251 e. The second kappa shape index (κ2) is 8.14. The van der Waals surface area contributed by atoms with Crippen molar-refractivity contribution in [1.29, 1.82) is 0 Å². The molecule has 0 heterocycles. The van der Waals surface area contributed by atoms with Crippen LogP contribution in [0.4, 0.5) is 0 Å². The van der Waals surface area contributed by atoms with Gasteiger partial charge in [0.15, 0.2) is 11.5 Å². The summed E-state index contributed by atoms with van der Waals surface area (Å²) in [5.74, 6) is 0.500. The molecule has 0 aliphatic rings. The minimum Gasteiger partial charge on any atom is -0.493 e. The molecule has 0 aliphatic carbocycles. The molecule has 1 aromatic rings. The maximum absolute atomic E-state index is 12.0. The van der Waals surface area contributed by atoms with E-state index in [0.717, 1.165) is 0 Å². The van der Waals surface area contributed by atoms with E-state index >= 15 is 0 Å². The summed E-state index contributed by atoms with van der Waals surface area (Å²) in [4.78, 5) is 23.5. The van der Waals surface area contributed by atoms with E-state index in [4.69, 9.17) is 9.47 Å². The summed E-state index contributed by atoms with van der Waals surface area (Å²) in [7, 11) is 1.54. The van der Waals surface area contributed by atoms with E-state index in [9.17, 15) is 9.59 Å². The fraction of sp³-hybridized carbons (Fsp3) is 0.467. The Hall–Kier alpha value is -2.24. The van der Waals surface area contributed by atoms with Gasteiger partial charge in [-0.3, -0.25) is 9.59 Å². The summed E-state index contributed by atoms with van der Waals surface area (Å²) in [5, 5.41) is 5.26. The number of nitrogens with one attached hydrogen (secondary N) is 2. The van der Waals surface area contributed by atoms with E-state index in [-0.39, 0.29) is 24.4 Å². The predicted octanol–water partition coefficient (Wildman–Crippen LogP) is 1.35. The Morgan fingerprint density at radius 1 is 1.24 bits per heavy atom. The van der Waals surface area contributed by atoms with Crippen molar-refractivity contribution in [2.45, 2.75) is 26.8 Å². The highest BCUT2D eigenvalue weighted by molar-refractivity contribution is 5.97. The molecule has 0 aromatic heterocycles. The molecule has 0 saturated heterocycles. The first-order valence-corrected chi connectivity index (χ1v) is 6.86. The number of hydrogen-bond acceptors (Lipinski definition) is 4. The van der Waals surface area contributed by atoms with Crippen LogP contribution in [-0.2, 0) is 4.79 Å². The fourth-order valence-electron chi connectivity index (χ4n) is 1.72. The standard InChI is InChI=1S/C15H22N2O4/c1-5-21-13-8-11(6-7-12(13)20-4)15(19)16-9-14(18)17-10(2)3/h6-8,10H,5,9H2,1-4H3,(H,16,19)(H,17,18). The first kappa shape index (κ1) is 16.8. The third-order valence-corrected chi connectivity index (χ3v) is 2.58. The number of ether oxygens (including phenoxy) is 2. The van der Waals surface area contributed by atoms with E-state index in [0.29, 0.717) is 23.7 Å². The van der Waals surface area contributed by atoms with Crippen LogP contribution in [0, 0.1) is 0 Å². The minimum atomic E-state index is -0.336. The van der Waals surface area contributed by atoms with Gasteiger partial charge in [0.25, 0.3) is 5.91 Å². The van der Waals surface area contributed by atoms with Crippen LogP contribution < -0.4 is 20.1 Å². The third-order valence-electron chi connectivity index (χ3n) is 2.58. The number of carbonyl (C=O) groups is 2. The average Bonchev–Trinajstić information content (AvgIpc) is 2.44. The summed E-state index contributed by atoms with van der Waals surface area (Å²) < 4.78 is 10.6. The highest BCUT2D eigenvalue weighted by atomic mass is 16.5. The number of carbonyl (C=O) groups excluding carboxylic acids is 2. The molecule has 116 valence electrons. The molecule has 1 aromatic carbocycles. The van der Waals surface area contributed by atoms with Gasteiger partial charge in [0.2, 0.25) is 5.91 Å². The minimum absolute atomic E-state index is 0.0416. The monoisotopic (exact) mass is 294 g/mol. The number of rotatable bonds is 7. The van der Waals surface area contributed by atoms with Crippen LogP contribution in [0.1, 0.15) is 31.1 Å². The first-order valence-electron chi connectivity index (χ1n) is 6.86. The molecular formula is C15H22N2O4. The zero-order valence-electron chi connectivity index (χ0n) is 12.9. The molecule has 0 spiro atoms. The molecule has 0 saturated carbocycles. The van der Waals surface area contributed by atoms with Gasteiger partial charge < -0.3 is 20.1 Å². The van der Waals surface area contributed by atoms with Crippen molar-refractivity contribution in [3.8, 4) is 11.5 Å². The van der Waals surface area contributed by atoms with Gasteiger partial charge in [0.05, 0.1) is 20.3 Å². The zero-order chi connectivity index (χ0) is 15.8. The lowest BCUT2D eigenvalue weighted by Crippen LogP contribution is -2.39. The van der Waals surface area contributed by atoms with Gasteiger partial charge in [-0.2, -0.15) is 0 Å². The number of benzene rings is 1. The van der Waals surface area contributed by atoms with Crippen LogP contribution in [0.15, 0.2) is 18.2 Å². The molecule has 0 fully saturated rings. The lowest BCUT2D eigenvalue weighted by Gasteiger charge is -2.12. The van der Waals surface area contributed by atoms with Gasteiger partial charge in [0, 0.05) is 11.6 Å². The maximum atomic E-state index is 12.0. The van der Waals surface area contributed by atoms with Crippen LogP contribution in [-0.4, -0.2) is 38.1 Å². The van der Waals surface area contributed by atoms with Crippen molar-refractivity contribution in [3.05, 3.63) is 23.8 Å². The van der Waals surface area contributed by atoms with Crippen molar-refractivity contribution in [3.63, 3.8) is 0 Å².